The molecule has 59 heavy (non-hydrogen) atoms. The van der Waals surface area contributed by atoms with Crippen molar-refractivity contribution in [3.8, 4) is 0 Å². The number of aryl methyl sites for hydroxylation is 1. The number of hydrogen-bond acceptors (Lipinski definition) is 9. The monoisotopic (exact) mass is 823 g/mol. The predicted molar refractivity (Wildman–Crippen MR) is 207 cm³/mol. The van der Waals surface area contributed by atoms with Gasteiger partial charge in [-0.05, 0) is 82.2 Å². The number of ether oxygens (including phenoxy) is 2. The molecule has 0 saturated carbocycles. The highest BCUT2D eigenvalue weighted by atomic mass is 19.1. The number of urea groups is 1. The maximum atomic E-state index is 14.8. The average Bonchev–Trinajstić information content (AvgIpc) is 3.60. The second-order valence-electron chi connectivity index (χ2n) is 15.9. The van der Waals surface area contributed by atoms with E-state index >= 15 is 0 Å². The molecule has 318 valence electrons. The van der Waals surface area contributed by atoms with Crippen LogP contribution >= 0.6 is 0 Å². The van der Waals surface area contributed by atoms with Crippen molar-refractivity contribution in [1.82, 2.24) is 30.7 Å². The van der Waals surface area contributed by atoms with Crippen LogP contribution in [0.15, 0.2) is 42.5 Å². The number of benzene rings is 2. The highest BCUT2D eigenvalue weighted by Gasteiger charge is 2.47. The second-order valence-corrected chi connectivity index (χ2v) is 15.9. The Labute approximate surface area is 340 Å². The number of amides is 7. The van der Waals surface area contributed by atoms with E-state index in [1.165, 1.54) is 28.5 Å². The molecule has 8 atom stereocenters. The van der Waals surface area contributed by atoms with Crippen LogP contribution in [-0.2, 0) is 44.7 Å². The van der Waals surface area contributed by atoms with Gasteiger partial charge in [0.25, 0.3) is 0 Å². The molecular weight excluding hydrogens is 772 g/mol. The van der Waals surface area contributed by atoms with Crippen molar-refractivity contribution in [2.75, 3.05) is 38.2 Å². The van der Waals surface area contributed by atoms with Gasteiger partial charge in [0.1, 0.15) is 54.0 Å². The largest absolute Gasteiger partial charge is 0.458 e. The number of morpholine rings is 1. The summed E-state index contributed by atoms with van der Waals surface area (Å²) in [6.45, 7) is 6.88. The van der Waals surface area contributed by atoms with Gasteiger partial charge in [-0.2, -0.15) is 0 Å². The minimum absolute atomic E-state index is 0.0159. The smallest absolute Gasteiger partial charge is 0.329 e. The lowest BCUT2D eigenvalue weighted by Gasteiger charge is -2.43. The Bertz CT molecular complexity index is 1930. The van der Waals surface area contributed by atoms with E-state index in [1.807, 2.05) is 13.8 Å². The lowest BCUT2D eigenvalue weighted by Crippen LogP contribution is -2.65. The van der Waals surface area contributed by atoms with Crippen molar-refractivity contribution in [3.63, 3.8) is 0 Å². The Morgan fingerprint density at radius 1 is 0.864 bits per heavy atom. The number of anilines is 1. The van der Waals surface area contributed by atoms with Gasteiger partial charge >= 0.3 is 12.0 Å². The van der Waals surface area contributed by atoms with Gasteiger partial charge in [-0.3, -0.25) is 24.0 Å². The van der Waals surface area contributed by atoms with Crippen LogP contribution in [0.25, 0.3) is 0 Å². The fraction of sp³-hybridized carbons (Fsp3) is 0.537. The Balaban J connectivity index is 1.35. The summed E-state index contributed by atoms with van der Waals surface area (Å²) in [4.78, 5) is 102. The molecule has 4 saturated heterocycles. The van der Waals surface area contributed by atoms with Crippen molar-refractivity contribution in [2.24, 2.45) is 5.92 Å². The number of carbonyl (C=O) groups is 7. The number of nitrogens with one attached hydrogen (secondary N) is 4. The molecule has 0 unspecified atom stereocenters. The number of fused-ring (bicyclic) bond motifs is 3. The van der Waals surface area contributed by atoms with Gasteiger partial charge in [0.2, 0.25) is 29.5 Å². The van der Waals surface area contributed by atoms with Crippen LogP contribution in [0.4, 0.5) is 19.3 Å². The number of nitrogens with zero attached hydrogens (tertiary/aromatic N) is 3. The number of esters is 1. The molecule has 0 aliphatic carbocycles. The molecule has 6 rings (SSSR count). The van der Waals surface area contributed by atoms with Gasteiger partial charge < -0.3 is 45.4 Å². The molecule has 4 N–H and O–H groups in total. The fourth-order valence-corrected chi connectivity index (χ4v) is 8.14. The quantitative estimate of drug-likeness (QED) is 0.314. The summed E-state index contributed by atoms with van der Waals surface area (Å²) in [6, 6.07) is 1.10. The third kappa shape index (κ3) is 10.1. The first-order chi connectivity index (χ1) is 28.1. The first kappa shape index (κ1) is 42.9. The van der Waals surface area contributed by atoms with Crippen LogP contribution in [0, 0.1) is 24.5 Å². The minimum Gasteiger partial charge on any atom is -0.458 e. The molecule has 4 fully saturated rings. The number of cyclic esters (lactones) is 1. The van der Waals surface area contributed by atoms with E-state index in [4.69, 9.17) is 9.47 Å². The van der Waals surface area contributed by atoms with Crippen molar-refractivity contribution in [3.05, 3.63) is 65.2 Å². The third-order valence-corrected chi connectivity index (χ3v) is 11.2. The van der Waals surface area contributed by atoms with Crippen LogP contribution < -0.4 is 21.3 Å². The summed E-state index contributed by atoms with van der Waals surface area (Å²) < 4.78 is 40.2. The van der Waals surface area contributed by atoms with Gasteiger partial charge in [0.15, 0.2) is 0 Å². The number of hydrogen-bond donors (Lipinski definition) is 4. The van der Waals surface area contributed by atoms with Crippen LogP contribution in [-0.4, -0.2) is 131 Å². The number of carbonyl (C=O) groups excluding carboxylic acids is 7. The second kappa shape index (κ2) is 18.5. The lowest BCUT2D eigenvalue weighted by atomic mass is 9.97. The molecule has 2 aromatic rings. The summed E-state index contributed by atoms with van der Waals surface area (Å²) >= 11 is 0. The first-order valence-corrected chi connectivity index (χ1v) is 20.0. The summed E-state index contributed by atoms with van der Waals surface area (Å²) in [7, 11) is 0. The minimum atomic E-state index is -1.65. The fourth-order valence-electron chi connectivity index (χ4n) is 8.14. The average molecular weight is 824 g/mol. The standard InChI is InChI=1S/C41H51F2N7O9/c1-22-8-10-29(11-9-22)45-41(57)46-30(18-26-16-27(42)19-28(43)17-26)35(51)47-34-25(4)59-40(56)32-15-23(2)20-50(32)37(53)24(3)44-36(52)33-21-58-14-13-49(33)38(54)31-7-5-6-12-48(31)39(34)55/h8-11,16-17,19,23-25,30-34H,5-7,12-15,18,20-21H2,1-4H3,(H,44,52)(H,47,51)(H2,45,46,57)/t23-,24+,25+,30+,31+,32+,33+,34+/m1/s1. The molecule has 4 aliphatic rings. The van der Waals surface area contributed by atoms with Gasteiger partial charge in [0.05, 0.1) is 13.2 Å². The van der Waals surface area contributed by atoms with Gasteiger partial charge in [-0.15, -0.1) is 0 Å². The summed E-state index contributed by atoms with van der Waals surface area (Å²) in [5.41, 5.74) is 1.34. The maximum Gasteiger partial charge on any atom is 0.329 e. The molecule has 0 aromatic heterocycles. The highest BCUT2D eigenvalue weighted by Crippen LogP contribution is 2.28. The van der Waals surface area contributed by atoms with Crippen molar-refractivity contribution in [2.45, 2.75) is 102 Å². The summed E-state index contributed by atoms with van der Waals surface area (Å²) in [5, 5.41) is 10.5. The molecule has 4 aliphatic heterocycles. The van der Waals surface area contributed by atoms with Gasteiger partial charge in [-0.1, -0.05) is 24.6 Å². The first-order valence-electron chi connectivity index (χ1n) is 20.0. The van der Waals surface area contributed by atoms with Crippen LogP contribution in [0.1, 0.15) is 57.6 Å². The number of halogens is 2. The lowest BCUT2D eigenvalue weighted by molar-refractivity contribution is -0.165. The zero-order valence-electron chi connectivity index (χ0n) is 33.5. The molecule has 7 amide bonds. The topological polar surface area (TPSA) is 196 Å². The third-order valence-electron chi connectivity index (χ3n) is 11.2. The molecule has 0 spiro atoms. The number of piperidine rings is 1. The molecule has 18 heteroatoms. The van der Waals surface area contributed by atoms with E-state index in [0.29, 0.717) is 24.6 Å². The molecule has 16 nitrogen and oxygen atoms in total. The zero-order chi connectivity index (χ0) is 42.5. The molecule has 2 aromatic carbocycles. The number of rotatable bonds is 6. The van der Waals surface area contributed by atoms with Crippen LogP contribution in [0.2, 0.25) is 0 Å². The maximum absolute atomic E-state index is 14.8. The molecule has 0 radical (unpaired) electrons. The van der Waals surface area contributed by atoms with Gasteiger partial charge in [0, 0.05) is 37.8 Å². The Hall–Kier alpha value is -5.65. The van der Waals surface area contributed by atoms with E-state index < -0.39 is 102 Å². The summed E-state index contributed by atoms with van der Waals surface area (Å²) in [6.07, 6.45) is -0.292. The summed E-state index contributed by atoms with van der Waals surface area (Å²) in [5.74, 6) is -6.27. The van der Waals surface area contributed by atoms with E-state index in [0.717, 1.165) is 17.7 Å². The van der Waals surface area contributed by atoms with Crippen molar-refractivity contribution in [1.29, 1.82) is 0 Å². The van der Waals surface area contributed by atoms with Gasteiger partial charge in [-0.25, -0.2) is 18.4 Å². The normalized spacial score (nSPS) is 27.5. The Morgan fingerprint density at radius 2 is 1.56 bits per heavy atom. The SMILES string of the molecule is Cc1ccc(NC(=O)N[C@@H](Cc2cc(F)cc(F)c2)C(=O)N[C@@H]2C(=O)N3CCCC[C@H]3C(=O)N3CCOC[C@H]3C(=O)N[C@@H](C)C(=O)N3C[C@H](C)C[C@H]3C(=O)O[C@H]2C)cc1. The van der Waals surface area contributed by atoms with Crippen LogP contribution in [0.3, 0.4) is 0 Å². The highest BCUT2D eigenvalue weighted by molar-refractivity contribution is 5.98. The molecular formula is C41H51F2N7O9. The predicted octanol–water partition coefficient (Wildman–Crippen LogP) is 1.79. The van der Waals surface area contributed by atoms with E-state index in [1.54, 1.807) is 24.3 Å². The zero-order valence-corrected chi connectivity index (χ0v) is 33.5. The van der Waals surface area contributed by atoms with Crippen molar-refractivity contribution < 1.29 is 51.8 Å². The molecule has 4 heterocycles. The Morgan fingerprint density at radius 3 is 2.27 bits per heavy atom. The molecule has 0 bridgehead atoms. The van der Waals surface area contributed by atoms with E-state index in [-0.39, 0.29) is 57.2 Å². The van der Waals surface area contributed by atoms with E-state index in [2.05, 4.69) is 21.3 Å². The van der Waals surface area contributed by atoms with E-state index in [9.17, 15) is 42.3 Å². The van der Waals surface area contributed by atoms with Crippen LogP contribution in [0.5, 0.6) is 0 Å². The van der Waals surface area contributed by atoms with Crippen molar-refractivity contribution >= 4 is 47.2 Å². The Kier molecular flexibility index (Phi) is 13.5.